The standard InChI is InChI=1S/C10H9Cl2N3O/c1-6-10(16)14-13-5-15(6)7-2-3-8(11)9(12)4-7/h2-6H,1H3,(H,14,16). The fourth-order valence-corrected chi connectivity index (χ4v) is 1.70. The van der Waals surface area contributed by atoms with Crippen molar-refractivity contribution in [2.45, 2.75) is 13.0 Å². The Morgan fingerprint density at radius 1 is 1.38 bits per heavy atom. The van der Waals surface area contributed by atoms with Gasteiger partial charge in [0.2, 0.25) is 0 Å². The summed E-state index contributed by atoms with van der Waals surface area (Å²) in [5, 5.41) is 4.68. The normalized spacial score (nSPS) is 19.8. The number of rotatable bonds is 1. The number of halogens is 2. The molecule has 1 aromatic rings. The summed E-state index contributed by atoms with van der Waals surface area (Å²) in [6.07, 6.45) is 1.55. The number of benzene rings is 1. The summed E-state index contributed by atoms with van der Waals surface area (Å²) in [4.78, 5) is 13.1. The first-order valence-electron chi connectivity index (χ1n) is 4.66. The lowest BCUT2D eigenvalue weighted by Gasteiger charge is -2.28. The minimum atomic E-state index is -0.324. The highest BCUT2D eigenvalue weighted by Crippen LogP contribution is 2.28. The van der Waals surface area contributed by atoms with Crippen molar-refractivity contribution in [3.05, 3.63) is 28.2 Å². The highest BCUT2D eigenvalue weighted by molar-refractivity contribution is 6.42. The number of nitrogens with zero attached hydrogens (tertiary/aromatic N) is 2. The highest BCUT2D eigenvalue weighted by Gasteiger charge is 2.23. The first-order chi connectivity index (χ1) is 7.59. The maximum absolute atomic E-state index is 11.4. The van der Waals surface area contributed by atoms with Gasteiger partial charge in [0.05, 0.1) is 10.0 Å². The molecule has 4 nitrogen and oxygen atoms in total. The Morgan fingerprint density at radius 2 is 2.12 bits per heavy atom. The summed E-state index contributed by atoms with van der Waals surface area (Å²) in [5.41, 5.74) is 3.17. The van der Waals surface area contributed by atoms with Gasteiger partial charge < -0.3 is 4.90 Å². The van der Waals surface area contributed by atoms with Gasteiger partial charge in [0.25, 0.3) is 5.91 Å². The van der Waals surface area contributed by atoms with Crippen molar-refractivity contribution in [1.82, 2.24) is 5.43 Å². The fourth-order valence-electron chi connectivity index (χ4n) is 1.41. The van der Waals surface area contributed by atoms with E-state index < -0.39 is 0 Å². The number of anilines is 1. The van der Waals surface area contributed by atoms with Gasteiger partial charge in [-0.15, -0.1) is 0 Å². The molecule has 1 atom stereocenters. The predicted molar refractivity (Wildman–Crippen MR) is 65.0 cm³/mol. The number of hydrogen-bond donors (Lipinski definition) is 1. The van der Waals surface area contributed by atoms with E-state index >= 15 is 0 Å². The van der Waals surface area contributed by atoms with Crippen LogP contribution in [0.1, 0.15) is 6.92 Å². The maximum atomic E-state index is 11.4. The Kier molecular flexibility index (Phi) is 3.03. The summed E-state index contributed by atoms with van der Waals surface area (Å²) < 4.78 is 0. The lowest BCUT2D eigenvalue weighted by Crippen LogP contribution is -2.47. The largest absolute Gasteiger partial charge is 0.319 e. The smallest absolute Gasteiger partial charge is 0.262 e. The van der Waals surface area contributed by atoms with E-state index in [-0.39, 0.29) is 11.9 Å². The van der Waals surface area contributed by atoms with Gasteiger partial charge in [0.1, 0.15) is 12.4 Å². The van der Waals surface area contributed by atoms with Crippen molar-refractivity contribution in [2.75, 3.05) is 4.90 Å². The fraction of sp³-hybridized carbons (Fsp3) is 0.200. The molecule has 6 heteroatoms. The molecule has 0 saturated heterocycles. The van der Waals surface area contributed by atoms with Crippen LogP contribution < -0.4 is 10.3 Å². The Bertz CT molecular complexity index is 461. The Balaban J connectivity index is 2.36. The number of carbonyl (C=O) groups excluding carboxylic acids is 1. The summed E-state index contributed by atoms with van der Waals surface area (Å²) in [5.74, 6) is -0.159. The van der Waals surface area contributed by atoms with Crippen molar-refractivity contribution in [1.29, 1.82) is 0 Å². The van der Waals surface area contributed by atoms with Crippen LogP contribution in [0, 0.1) is 0 Å². The molecular formula is C10H9Cl2N3O. The van der Waals surface area contributed by atoms with E-state index in [1.54, 1.807) is 36.4 Å². The molecule has 1 aromatic carbocycles. The van der Waals surface area contributed by atoms with E-state index in [2.05, 4.69) is 10.5 Å². The minimum absolute atomic E-state index is 0.159. The number of carbonyl (C=O) groups is 1. The molecule has 1 amide bonds. The zero-order valence-corrected chi connectivity index (χ0v) is 9.96. The number of hydrogen-bond acceptors (Lipinski definition) is 3. The second kappa shape index (κ2) is 4.31. The van der Waals surface area contributed by atoms with E-state index in [0.717, 1.165) is 5.69 Å². The van der Waals surface area contributed by atoms with Gasteiger partial charge in [-0.05, 0) is 25.1 Å². The van der Waals surface area contributed by atoms with E-state index in [1.165, 1.54) is 0 Å². The van der Waals surface area contributed by atoms with Gasteiger partial charge in [-0.25, -0.2) is 5.43 Å². The van der Waals surface area contributed by atoms with Crippen LogP contribution in [0.5, 0.6) is 0 Å². The lowest BCUT2D eigenvalue weighted by atomic mass is 10.2. The van der Waals surface area contributed by atoms with Crippen molar-refractivity contribution in [3.8, 4) is 0 Å². The molecule has 0 bridgehead atoms. The van der Waals surface area contributed by atoms with E-state index in [9.17, 15) is 4.79 Å². The third kappa shape index (κ3) is 1.99. The average molecular weight is 258 g/mol. The van der Waals surface area contributed by atoms with Crippen molar-refractivity contribution < 1.29 is 4.79 Å². The first kappa shape index (κ1) is 11.2. The molecule has 0 aliphatic carbocycles. The summed E-state index contributed by atoms with van der Waals surface area (Å²) in [6, 6.07) is 4.85. The average Bonchev–Trinajstić information content (AvgIpc) is 2.26. The molecule has 1 aliphatic heterocycles. The summed E-state index contributed by atoms with van der Waals surface area (Å²) >= 11 is 11.7. The van der Waals surface area contributed by atoms with Gasteiger partial charge in [-0.3, -0.25) is 4.79 Å². The number of hydrazone groups is 1. The predicted octanol–water partition coefficient (Wildman–Crippen LogP) is 2.26. The molecule has 1 aliphatic rings. The van der Waals surface area contributed by atoms with Crippen LogP contribution in [-0.4, -0.2) is 18.3 Å². The second-order valence-electron chi connectivity index (χ2n) is 3.40. The highest BCUT2D eigenvalue weighted by atomic mass is 35.5. The van der Waals surface area contributed by atoms with Gasteiger partial charge in [0.15, 0.2) is 0 Å². The van der Waals surface area contributed by atoms with E-state index in [0.29, 0.717) is 10.0 Å². The van der Waals surface area contributed by atoms with Crippen LogP contribution >= 0.6 is 23.2 Å². The van der Waals surface area contributed by atoms with Gasteiger partial charge in [0, 0.05) is 5.69 Å². The molecule has 0 fully saturated rings. The van der Waals surface area contributed by atoms with Crippen LogP contribution in [0.25, 0.3) is 0 Å². The maximum Gasteiger partial charge on any atom is 0.262 e. The zero-order valence-electron chi connectivity index (χ0n) is 8.45. The quantitative estimate of drug-likeness (QED) is 0.839. The Morgan fingerprint density at radius 3 is 2.81 bits per heavy atom. The topological polar surface area (TPSA) is 44.7 Å². The molecule has 84 valence electrons. The number of nitrogens with one attached hydrogen (secondary N) is 1. The van der Waals surface area contributed by atoms with Gasteiger partial charge >= 0.3 is 0 Å². The van der Waals surface area contributed by atoms with E-state index in [1.807, 2.05) is 0 Å². The van der Waals surface area contributed by atoms with Crippen LogP contribution in [0.2, 0.25) is 10.0 Å². The Hall–Kier alpha value is -1.26. The Labute approximate surface area is 103 Å². The monoisotopic (exact) mass is 257 g/mol. The van der Waals surface area contributed by atoms with Crippen molar-refractivity contribution in [3.63, 3.8) is 0 Å². The number of amides is 1. The van der Waals surface area contributed by atoms with Crippen LogP contribution in [0.15, 0.2) is 23.3 Å². The molecule has 0 radical (unpaired) electrons. The second-order valence-corrected chi connectivity index (χ2v) is 4.22. The molecule has 0 spiro atoms. The lowest BCUT2D eigenvalue weighted by molar-refractivity contribution is -0.122. The molecule has 0 aromatic heterocycles. The molecule has 0 saturated carbocycles. The third-order valence-corrected chi connectivity index (χ3v) is 3.09. The minimum Gasteiger partial charge on any atom is -0.319 e. The van der Waals surface area contributed by atoms with Gasteiger partial charge in [-0.1, -0.05) is 23.2 Å². The summed E-state index contributed by atoms with van der Waals surface area (Å²) in [6.45, 7) is 1.78. The first-order valence-corrected chi connectivity index (χ1v) is 5.41. The molecule has 1 unspecified atom stereocenters. The molecule has 1 heterocycles. The van der Waals surface area contributed by atoms with Gasteiger partial charge in [-0.2, -0.15) is 5.10 Å². The van der Waals surface area contributed by atoms with Crippen molar-refractivity contribution in [2.24, 2.45) is 5.10 Å². The van der Waals surface area contributed by atoms with E-state index in [4.69, 9.17) is 23.2 Å². The molecule has 2 rings (SSSR count). The molecule has 16 heavy (non-hydrogen) atoms. The van der Waals surface area contributed by atoms with Crippen LogP contribution in [0.4, 0.5) is 5.69 Å². The molecule has 1 N–H and O–H groups in total. The zero-order chi connectivity index (χ0) is 11.7. The summed E-state index contributed by atoms with van der Waals surface area (Å²) in [7, 11) is 0. The van der Waals surface area contributed by atoms with Crippen LogP contribution in [0.3, 0.4) is 0 Å². The van der Waals surface area contributed by atoms with Crippen LogP contribution in [-0.2, 0) is 4.79 Å². The third-order valence-electron chi connectivity index (χ3n) is 2.35. The molecular weight excluding hydrogens is 249 g/mol. The van der Waals surface area contributed by atoms with Crippen molar-refractivity contribution >= 4 is 41.1 Å². The SMILES string of the molecule is CC1C(=O)NN=CN1c1ccc(Cl)c(Cl)c1.